The number of nitrogens with zero attached hydrogens (tertiary/aromatic N) is 1. The summed E-state index contributed by atoms with van der Waals surface area (Å²) < 4.78 is 0. The number of benzene rings is 1. The van der Waals surface area contributed by atoms with Gasteiger partial charge in [-0.15, -0.1) is 0 Å². The van der Waals surface area contributed by atoms with E-state index in [2.05, 4.69) is 0 Å². The van der Waals surface area contributed by atoms with Crippen molar-refractivity contribution in [3.8, 4) is 0 Å². The Bertz CT molecular complexity index is 590. The van der Waals surface area contributed by atoms with Crippen molar-refractivity contribution >= 4 is 17.8 Å². The normalized spacial score (nSPS) is 22.0. The number of rotatable bonds is 3. The van der Waals surface area contributed by atoms with E-state index < -0.39 is 17.4 Å². The zero-order chi connectivity index (χ0) is 15.0. The van der Waals surface area contributed by atoms with Gasteiger partial charge in [-0.3, -0.25) is 14.5 Å². The number of imide groups is 1. The molecule has 2 aliphatic rings. The molecule has 1 aliphatic carbocycles. The van der Waals surface area contributed by atoms with Crippen molar-refractivity contribution in [2.24, 2.45) is 5.41 Å². The van der Waals surface area contributed by atoms with Gasteiger partial charge >= 0.3 is 5.97 Å². The molecule has 0 unspecified atom stereocenters. The lowest BCUT2D eigenvalue weighted by Gasteiger charge is -2.26. The first-order chi connectivity index (χ1) is 10.1. The highest BCUT2D eigenvalue weighted by molar-refractivity contribution is 6.08. The highest BCUT2D eigenvalue weighted by atomic mass is 16.4. The van der Waals surface area contributed by atoms with E-state index in [1.165, 1.54) is 0 Å². The Balaban J connectivity index is 1.99. The molecular weight excluding hydrogens is 270 g/mol. The molecule has 1 atom stereocenters. The Morgan fingerprint density at radius 2 is 1.76 bits per heavy atom. The number of carboxylic acids is 1. The lowest BCUT2D eigenvalue weighted by molar-refractivity contribution is -0.156. The Morgan fingerprint density at radius 1 is 1.14 bits per heavy atom. The van der Waals surface area contributed by atoms with E-state index in [1.54, 1.807) is 30.3 Å². The van der Waals surface area contributed by atoms with Crippen LogP contribution in [0.5, 0.6) is 0 Å². The number of hydrogen-bond donors (Lipinski definition) is 1. The number of hydrogen-bond acceptors (Lipinski definition) is 3. The number of amides is 2. The van der Waals surface area contributed by atoms with Crippen LogP contribution in [-0.4, -0.2) is 27.8 Å². The highest BCUT2D eigenvalue weighted by Gasteiger charge is 2.55. The second kappa shape index (κ2) is 4.98. The van der Waals surface area contributed by atoms with Crippen LogP contribution in [-0.2, 0) is 14.4 Å². The quantitative estimate of drug-likeness (QED) is 0.864. The molecular formula is C16H17NO4. The van der Waals surface area contributed by atoms with Crippen LogP contribution in [0.4, 0.5) is 0 Å². The fourth-order valence-corrected chi connectivity index (χ4v) is 3.56. The summed E-state index contributed by atoms with van der Waals surface area (Å²) in [5, 5.41) is 9.51. The van der Waals surface area contributed by atoms with Gasteiger partial charge in [0.15, 0.2) is 6.04 Å². The molecule has 1 heterocycles. The molecule has 1 spiro atoms. The first kappa shape index (κ1) is 13.8. The lowest BCUT2D eigenvalue weighted by Crippen LogP contribution is -2.40. The standard InChI is InChI=1S/C16H17NO4/c18-12-10-16(8-4-5-9-16)15(21)17(12)13(14(19)20)11-6-2-1-3-7-11/h1-3,6-7,13H,4-5,8-10H2,(H,19,20)/t13-/m1/s1. The minimum atomic E-state index is -1.22. The predicted octanol–water partition coefficient (Wildman–Crippen LogP) is 2.13. The van der Waals surface area contributed by atoms with Crippen LogP contribution in [0.25, 0.3) is 0 Å². The molecule has 1 aliphatic heterocycles. The van der Waals surface area contributed by atoms with E-state index in [0.717, 1.165) is 17.7 Å². The average Bonchev–Trinajstić information content (AvgIpc) is 3.01. The third kappa shape index (κ3) is 2.13. The van der Waals surface area contributed by atoms with Crippen LogP contribution in [0.3, 0.4) is 0 Å². The SMILES string of the molecule is O=C(O)[C@@H](c1ccccc1)N1C(=O)CC2(CCCC2)C1=O. The van der Waals surface area contributed by atoms with Crippen LogP contribution in [0, 0.1) is 5.41 Å². The monoisotopic (exact) mass is 287 g/mol. The van der Waals surface area contributed by atoms with Crippen molar-refractivity contribution in [3.05, 3.63) is 35.9 Å². The maximum absolute atomic E-state index is 12.7. The van der Waals surface area contributed by atoms with Crippen molar-refractivity contribution in [2.45, 2.75) is 38.1 Å². The first-order valence-corrected chi connectivity index (χ1v) is 7.19. The van der Waals surface area contributed by atoms with Gasteiger partial charge in [0.2, 0.25) is 11.8 Å². The molecule has 1 aromatic rings. The molecule has 0 bridgehead atoms. The summed E-state index contributed by atoms with van der Waals surface area (Å²) in [4.78, 5) is 37.6. The molecule has 0 radical (unpaired) electrons. The van der Waals surface area contributed by atoms with Gasteiger partial charge in [0.05, 0.1) is 5.41 Å². The van der Waals surface area contributed by atoms with E-state index in [0.29, 0.717) is 18.4 Å². The Kier molecular flexibility index (Phi) is 3.27. The Morgan fingerprint density at radius 3 is 2.33 bits per heavy atom. The zero-order valence-corrected chi connectivity index (χ0v) is 11.6. The fraction of sp³-hybridized carbons (Fsp3) is 0.438. The molecule has 1 saturated carbocycles. The van der Waals surface area contributed by atoms with Crippen LogP contribution in [0.2, 0.25) is 0 Å². The average molecular weight is 287 g/mol. The zero-order valence-electron chi connectivity index (χ0n) is 11.6. The molecule has 3 rings (SSSR count). The molecule has 2 fully saturated rings. The van der Waals surface area contributed by atoms with Crippen molar-refractivity contribution in [1.82, 2.24) is 4.90 Å². The van der Waals surface area contributed by atoms with Gasteiger partial charge in [-0.1, -0.05) is 43.2 Å². The van der Waals surface area contributed by atoms with E-state index in [4.69, 9.17) is 0 Å². The van der Waals surface area contributed by atoms with Gasteiger partial charge in [0, 0.05) is 6.42 Å². The summed E-state index contributed by atoms with van der Waals surface area (Å²) in [6, 6.07) is 7.25. The van der Waals surface area contributed by atoms with Gasteiger partial charge in [-0.25, -0.2) is 4.79 Å². The number of carbonyl (C=O) groups excluding carboxylic acids is 2. The van der Waals surface area contributed by atoms with Crippen molar-refractivity contribution in [1.29, 1.82) is 0 Å². The van der Waals surface area contributed by atoms with E-state index >= 15 is 0 Å². The first-order valence-electron chi connectivity index (χ1n) is 7.19. The van der Waals surface area contributed by atoms with E-state index in [9.17, 15) is 19.5 Å². The minimum absolute atomic E-state index is 0.155. The van der Waals surface area contributed by atoms with Crippen LogP contribution in [0.1, 0.15) is 43.7 Å². The molecule has 1 aromatic carbocycles. The molecule has 1 saturated heterocycles. The maximum Gasteiger partial charge on any atom is 0.331 e. The Hall–Kier alpha value is -2.17. The summed E-state index contributed by atoms with van der Waals surface area (Å²) in [5.41, 5.74) is -0.179. The van der Waals surface area contributed by atoms with Crippen LogP contribution >= 0.6 is 0 Å². The maximum atomic E-state index is 12.7. The van der Waals surface area contributed by atoms with Crippen LogP contribution < -0.4 is 0 Å². The van der Waals surface area contributed by atoms with Gasteiger partial charge < -0.3 is 5.11 Å². The van der Waals surface area contributed by atoms with E-state index in [-0.39, 0.29) is 18.2 Å². The molecule has 5 nitrogen and oxygen atoms in total. The number of aliphatic carboxylic acids is 1. The summed E-state index contributed by atoms with van der Waals surface area (Å²) in [6.07, 6.45) is 3.39. The lowest BCUT2D eigenvalue weighted by atomic mass is 9.84. The molecule has 1 N–H and O–H groups in total. The van der Waals surface area contributed by atoms with Gasteiger partial charge in [-0.2, -0.15) is 0 Å². The summed E-state index contributed by atoms with van der Waals surface area (Å²) in [7, 11) is 0. The molecule has 110 valence electrons. The third-order valence-electron chi connectivity index (χ3n) is 4.60. The van der Waals surface area contributed by atoms with Crippen LogP contribution in [0.15, 0.2) is 30.3 Å². The third-order valence-corrected chi connectivity index (χ3v) is 4.60. The Labute approximate surface area is 122 Å². The van der Waals surface area contributed by atoms with Gasteiger partial charge in [-0.05, 0) is 18.4 Å². The van der Waals surface area contributed by atoms with Crippen molar-refractivity contribution < 1.29 is 19.5 Å². The topological polar surface area (TPSA) is 74.7 Å². The number of likely N-dealkylation sites (tertiary alicyclic amines) is 1. The smallest absolute Gasteiger partial charge is 0.331 e. The van der Waals surface area contributed by atoms with Crippen molar-refractivity contribution in [2.75, 3.05) is 0 Å². The molecule has 5 heteroatoms. The molecule has 0 aromatic heterocycles. The summed E-state index contributed by atoms with van der Waals surface area (Å²) in [5.74, 6) is -1.84. The van der Waals surface area contributed by atoms with Gasteiger partial charge in [0.1, 0.15) is 0 Å². The summed E-state index contributed by atoms with van der Waals surface area (Å²) >= 11 is 0. The fourth-order valence-electron chi connectivity index (χ4n) is 3.56. The summed E-state index contributed by atoms with van der Waals surface area (Å²) in [6.45, 7) is 0. The predicted molar refractivity (Wildman–Crippen MR) is 74.2 cm³/mol. The number of carbonyl (C=O) groups is 3. The second-order valence-electron chi connectivity index (χ2n) is 5.88. The second-order valence-corrected chi connectivity index (χ2v) is 5.88. The van der Waals surface area contributed by atoms with E-state index in [1.807, 2.05) is 0 Å². The number of carboxylic acid groups (broad SMARTS) is 1. The highest BCUT2D eigenvalue weighted by Crippen LogP contribution is 2.48. The van der Waals surface area contributed by atoms with Crippen molar-refractivity contribution in [3.63, 3.8) is 0 Å². The largest absolute Gasteiger partial charge is 0.479 e. The molecule has 2 amide bonds. The minimum Gasteiger partial charge on any atom is -0.479 e. The van der Waals surface area contributed by atoms with Gasteiger partial charge in [0.25, 0.3) is 0 Å². The molecule has 21 heavy (non-hydrogen) atoms.